The number of hydrogen-bond acceptors (Lipinski definition) is 6. The lowest BCUT2D eigenvalue weighted by molar-refractivity contribution is 0.244. The highest BCUT2D eigenvalue weighted by atomic mass is 19.1. The molecule has 0 aliphatic heterocycles. The van der Waals surface area contributed by atoms with Gasteiger partial charge in [0.15, 0.2) is 0 Å². The van der Waals surface area contributed by atoms with Gasteiger partial charge in [-0.3, -0.25) is 0 Å². The van der Waals surface area contributed by atoms with Crippen LogP contribution in [0.5, 0.6) is 5.75 Å². The van der Waals surface area contributed by atoms with Crippen LogP contribution in [-0.2, 0) is 6.42 Å². The Morgan fingerprint density at radius 1 is 1.31 bits per heavy atom. The molecule has 29 heavy (non-hydrogen) atoms. The van der Waals surface area contributed by atoms with Crippen molar-refractivity contribution in [1.29, 1.82) is 0 Å². The van der Waals surface area contributed by atoms with E-state index in [0.29, 0.717) is 29.7 Å². The maximum Gasteiger partial charge on any atom is 0.258 e. The second-order valence-electron chi connectivity index (χ2n) is 7.45. The molecule has 2 aromatic carbocycles. The van der Waals surface area contributed by atoms with Crippen LogP contribution in [0.1, 0.15) is 37.4 Å². The molecule has 1 atom stereocenters. The zero-order valence-electron chi connectivity index (χ0n) is 16.6. The lowest BCUT2D eigenvalue weighted by Gasteiger charge is -2.13. The van der Waals surface area contributed by atoms with Gasteiger partial charge in [0.05, 0.1) is 11.8 Å². The Bertz CT molecular complexity index is 1000. The monoisotopic (exact) mass is 396 g/mol. The first-order valence-electron chi connectivity index (χ1n) is 9.88. The Kier molecular flexibility index (Phi) is 5.49. The molecule has 3 N–H and O–H groups in total. The van der Waals surface area contributed by atoms with Crippen molar-refractivity contribution in [2.24, 2.45) is 0 Å². The van der Waals surface area contributed by atoms with E-state index in [9.17, 15) is 4.39 Å². The van der Waals surface area contributed by atoms with Gasteiger partial charge in [-0.25, -0.2) is 4.39 Å². The Hall–Kier alpha value is -2.93. The molecule has 0 fully saturated rings. The molecule has 0 amide bonds. The van der Waals surface area contributed by atoms with Crippen molar-refractivity contribution < 1.29 is 13.7 Å². The standard InChI is InChI=1S/C22H25FN4O2/c1-13(2)28-20-9-6-14(12-18(20)24)22-26-21(27-29-22)17-5-3-4-16-15(17)7-8-19(16)25-11-10-23/h3-6,9,12-13,19,25H,7-8,10-11,24H2,1-2H3/t19-/m1/s1. The lowest BCUT2D eigenvalue weighted by Crippen LogP contribution is -2.21. The van der Waals surface area contributed by atoms with E-state index in [2.05, 4.69) is 21.5 Å². The molecule has 6 nitrogen and oxygen atoms in total. The predicted octanol–water partition coefficient (Wildman–Crippen LogP) is 4.32. The van der Waals surface area contributed by atoms with Crippen molar-refractivity contribution in [1.82, 2.24) is 15.5 Å². The van der Waals surface area contributed by atoms with Gasteiger partial charge in [0, 0.05) is 23.7 Å². The van der Waals surface area contributed by atoms with Crippen LogP contribution in [-0.4, -0.2) is 29.5 Å². The molecular formula is C22H25FN4O2. The zero-order chi connectivity index (χ0) is 20.4. The summed E-state index contributed by atoms with van der Waals surface area (Å²) in [5, 5.41) is 7.45. The van der Waals surface area contributed by atoms with Crippen molar-refractivity contribution in [3.05, 3.63) is 47.5 Å². The quantitative estimate of drug-likeness (QED) is 0.579. The molecule has 0 saturated heterocycles. The largest absolute Gasteiger partial charge is 0.489 e. The van der Waals surface area contributed by atoms with E-state index in [4.69, 9.17) is 15.0 Å². The molecule has 0 radical (unpaired) electrons. The van der Waals surface area contributed by atoms with E-state index in [1.807, 2.05) is 38.1 Å². The van der Waals surface area contributed by atoms with E-state index in [-0.39, 0.29) is 18.8 Å². The lowest BCUT2D eigenvalue weighted by atomic mass is 10.0. The summed E-state index contributed by atoms with van der Waals surface area (Å²) in [6.45, 7) is 3.89. The number of anilines is 1. The van der Waals surface area contributed by atoms with Crippen molar-refractivity contribution in [2.75, 3.05) is 19.0 Å². The fourth-order valence-electron chi connectivity index (χ4n) is 3.80. The number of fused-ring (bicyclic) bond motifs is 1. The summed E-state index contributed by atoms with van der Waals surface area (Å²) in [5.41, 5.74) is 10.7. The maximum absolute atomic E-state index is 12.5. The average molecular weight is 396 g/mol. The number of nitrogens with one attached hydrogen (secondary N) is 1. The summed E-state index contributed by atoms with van der Waals surface area (Å²) >= 11 is 0. The van der Waals surface area contributed by atoms with Gasteiger partial charge in [-0.2, -0.15) is 4.98 Å². The van der Waals surface area contributed by atoms with Gasteiger partial charge >= 0.3 is 0 Å². The number of alkyl halides is 1. The summed E-state index contributed by atoms with van der Waals surface area (Å²) in [6, 6.07) is 11.7. The highest BCUT2D eigenvalue weighted by molar-refractivity contribution is 5.69. The van der Waals surface area contributed by atoms with Crippen molar-refractivity contribution in [3.8, 4) is 28.6 Å². The van der Waals surface area contributed by atoms with E-state index < -0.39 is 0 Å². The van der Waals surface area contributed by atoms with Crippen LogP contribution in [0.3, 0.4) is 0 Å². The number of aromatic nitrogens is 2. The topological polar surface area (TPSA) is 86.2 Å². The van der Waals surface area contributed by atoms with Crippen LogP contribution in [0.2, 0.25) is 0 Å². The first-order valence-corrected chi connectivity index (χ1v) is 9.88. The molecule has 1 aliphatic carbocycles. The first kappa shape index (κ1) is 19.4. The average Bonchev–Trinajstić information content (AvgIpc) is 3.35. The second-order valence-corrected chi connectivity index (χ2v) is 7.45. The summed E-state index contributed by atoms with van der Waals surface area (Å²) in [6.07, 6.45) is 1.87. The molecule has 7 heteroatoms. The summed E-state index contributed by atoms with van der Waals surface area (Å²) < 4.78 is 23.7. The molecule has 3 aromatic rings. The Labute approximate surface area is 169 Å². The Morgan fingerprint density at radius 2 is 2.17 bits per heavy atom. The predicted molar refractivity (Wildman–Crippen MR) is 110 cm³/mol. The van der Waals surface area contributed by atoms with Gasteiger partial charge in [0.25, 0.3) is 5.89 Å². The normalized spacial score (nSPS) is 15.7. The maximum atomic E-state index is 12.5. The minimum Gasteiger partial charge on any atom is -0.489 e. The second kappa shape index (κ2) is 8.21. The van der Waals surface area contributed by atoms with Crippen molar-refractivity contribution in [2.45, 2.75) is 38.8 Å². The molecule has 0 spiro atoms. The molecule has 4 rings (SSSR count). The van der Waals surface area contributed by atoms with E-state index in [0.717, 1.165) is 24.0 Å². The molecule has 0 bridgehead atoms. The van der Waals surface area contributed by atoms with Crippen LogP contribution in [0.4, 0.5) is 10.1 Å². The molecule has 1 aromatic heterocycles. The number of nitrogens with two attached hydrogens (primary N) is 1. The Morgan fingerprint density at radius 3 is 2.93 bits per heavy atom. The van der Waals surface area contributed by atoms with Crippen LogP contribution in [0, 0.1) is 0 Å². The highest BCUT2D eigenvalue weighted by Gasteiger charge is 2.26. The molecule has 152 valence electrons. The number of ether oxygens (including phenoxy) is 1. The molecule has 1 aliphatic rings. The zero-order valence-corrected chi connectivity index (χ0v) is 16.6. The van der Waals surface area contributed by atoms with Gasteiger partial charge in [-0.05, 0) is 56.0 Å². The highest BCUT2D eigenvalue weighted by Crippen LogP contribution is 2.37. The van der Waals surface area contributed by atoms with Crippen molar-refractivity contribution >= 4 is 5.69 Å². The van der Waals surface area contributed by atoms with Crippen LogP contribution in [0.25, 0.3) is 22.8 Å². The molecular weight excluding hydrogens is 371 g/mol. The van der Waals surface area contributed by atoms with E-state index in [1.54, 1.807) is 6.07 Å². The first-order chi connectivity index (χ1) is 14.1. The molecule has 0 unspecified atom stereocenters. The van der Waals surface area contributed by atoms with Gasteiger partial charge in [0.1, 0.15) is 12.4 Å². The number of hydrogen-bond donors (Lipinski definition) is 2. The number of nitrogens with zero attached hydrogens (tertiary/aromatic N) is 2. The van der Waals surface area contributed by atoms with Gasteiger partial charge in [-0.15, -0.1) is 0 Å². The van der Waals surface area contributed by atoms with Crippen molar-refractivity contribution in [3.63, 3.8) is 0 Å². The summed E-state index contributed by atoms with van der Waals surface area (Å²) in [5.74, 6) is 1.59. The number of nitrogen functional groups attached to an aromatic ring is 1. The van der Waals surface area contributed by atoms with Crippen LogP contribution in [0.15, 0.2) is 40.9 Å². The third kappa shape index (κ3) is 3.96. The fraction of sp³-hybridized carbons (Fsp3) is 0.364. The van der Waals surface area contributed by atoms with Gasteiger partial charge in [-0.1, -0.05) is 23.4 Å². The minimum atomic E-state index is -0.371. The number of rotatable bonds is 7. The number of benzene rings is 2. The minimum absolute atomic E-state index is 0.0431. The Balaban J connectivity index is 1.61. The SMILES string of the molecule is CC(C)Oc1ccc(-c2nc(-c3cccc4c3CC[C@H]4NCCF)no2)cc1N. The molecule has 1 heterocycles. The smallest absolute Gasteiger partial charge is 0.258 e. The number of halogens is 1. The van der Waals surface area contributed by atoms with E-state index >= 15 is 0 Å². The summed E-state index contributed by atoms with van der Waals surface area (Å²) in [7, 11) is 0. The van der Waals surface area contributed by atoms with Crippen LogP contribution >= 0.6 is 0 Å². The fourth-order valence-corrected chi connectivity index (χ4v) is 3.80. The van der Waals surface area contributed by atoms with Crippen LogP contribution < -0.4 is 15.8 Å². The van der Waals surface area contributed by atoms with E-state index in [1.165, 1.54) is 11.1 Å². The third-order valence-electron chi connectivity index (χ3n) is 5.04. The summed E-state index contributed by atoms with van der Waals surface area (Å²) in [4.78, 5) is 4.59. The third-order valence-corrected chi connectivity index (χ3v) is 5.04. The molecule has 0 saturated carbocycles. The van der Waals surface area contributed by atoms with Gasteiger partial charge in [0.2, 0.25) is 5.82 Å². The van der Waals surface area contributed by atoms with Gasteiger partial charge < -0.3 is 20.3 Å².